The molecule has 5 rings (SSSR count). The van der Waals surface area contributed by atoms with Gasteiger partial charge in [-0.3, -0.25) is 4.79 Å². The van der Waals surface area contributed by atoms with Crippen LogP contribution in [0.1, 0.15) is 10.4 Å². The standard InChI is InChI=1S/C28H22N2O3/c1-32-21-14-13-18-15-20(12-11-19(18)16-21)26-17-23(22-7-3-4-8-24(22)29-26)28(31)30-25-9-5-6-10-27(25)33-2/h3-17H,1-2H3,(H,30,31). The summed E-state index contributed by atoms with van der Waals surface area (Å²) in [5.41, 5.74) is 3.60. The van der Waals surface area contributed by atoms with Crippen molar-refractivity contribution in [1.82, 2.24) is 4.98 Å². The summed E-state index contributed by atoms with van der Waals surface area (Å²) in [6.07, 6.45) is 0. The predicted molar refractivity (Wildman–Crippen MR) is 132 cm³/mol. The van der Waals surface area contributed by atoms with Crippen LogP contribution in [0, 0.1) is 0 Å². The number of amides is 1. The Morgan fingerprint density at radius 2 is 1.55 bits per heavy atom. The van der Waals surface area contributed by atoms with Crippen LogP contribution in [0.25, 0.3) is 32.9 Å². The van der Waals surface area contributed by atoms with Crippen LogP contribution in [-0.4, -0.2) is 25.1 Å². The number of hydrogen-bond acceptors (Lipinski definition) is 4. The molecule has 0 unspecified atom stereocenters. The highest BCUT2D eigenvalue weighted by atomic mass is 16.5. The zero-order valence-corrected chi connectivity index (χ0v) is 18.3. The number of pyridine rings is 1. The molecule has 5 nitrogen and oxygen atoms in total. The molecule has 162 valence electrons. The summed E-state index contributed by atoms with van der Waals surface area (Å²) >= 11 is 0. The van der Waals surface area contributed by atoms with Crippen molar-refractivity contribution < 1.29 is 14.3 Å². The second-order valence-electron chi connectivity index (χ2n) is 7.65. The van der Waals surface area contributed by atoms with Gasteiger partial charge in [0.15, 0.2) is 0 Å². The van der Waals surface area contributed by atoms with E-state index in [0.717, 1.165) is 38.7 Å². The smallest absolute Gasteiger partial charge is 0.256 e. The van der Waals surface area contributed by atoms with Crippen LogP contribution in [0.3, 0.4) is 0 Å². The number of methoxy groups -OCH3 is 2. The van der Waals surface area contributed by atoms with E-state index in [9.17, 15) is 4.79 Å². The molecular formula is C28H22N2O3. The van der Waals surface area contributed by atoms with Crippen molar-refractivity contribution in [3.63, 3.8) is 0 Å². The van der Waals surface area contributed by atoms with Gasteiger partial charge >= 0.3 is 0 Å². The fourth-order valence-electron chi connectivity index (χ4n) is 3.96. The first kappa shape index (κ1) is 20.5. The van der Waals surface area contributed by atoms with Gasteiger partial charge < -0.3 is 14.8 Å². The van der Waals surface area contributed by atoms with Crippen molar-refractivity contribution in [3.05, 3.63) is 96.6 Å². The van der Waals surface area contributed by atoms with Crippen molar-refractivity contribution in [3.8, 4) is 22.8 Å². The Hall–Kier alpha value is -4.38. The van der Waals surface area contributed by atoms with Crippen LogP contribution in [0.4, 0.5) is 5.69 Å². The van der Waals surface area contributed by atoms with Crippen molar-refractivity contribution >= 4 is 33.3 Å². The van der Waals surface area contributed by atoms with E-state index >= 15 is 0 Å². The highest BCUT2D eigenvalue weighted by molar-refractivity contribution is 6.13. The molecule has 0 aliphatic carbocycles. The minimum Gasteiger partial charge on any atom is -0.497 e. The molecule has 0 saturated heterocycles. The molecule has 0 aliphatic rings. The van der Waals surface area contributed by atoms with E-state index in [1.165, 1.54) is 0 Å². The summed E-state index contributed by atoms with van der Waals surface area (Å²) in [7, 11) is 3.24. The van der Waals surface area contributed by atoms with Crippen LogP contribution < -0.4 is 14.8 Å². The Morgan fingerprint density at radius 1 is 0.788 bits per heavy atom. The molecule has 0 saturated carbocycles. The molecule has 1 aromatic heterocycles. The fraction of sp³-hybridized carbons (Fsp3) is 0.0714. The normalized spacial score (nSPS) is 10.8. The summed E-state index contributed by atoms with van der Waals surface area (Å²) in [6, 6.07) is 29.0. The van der Waals surface area contributed by atoms with Gasteiger partial charge in [0, 0.05) is 10.9 Å². The van der Waals surface area contributed by atoms with Crippen LogP contribution in [-0.2, 0) is 0 Å². The average Bonchev–Trinajstić information content (AvgIpc) is 2.87. The average molecular weight is 434 g/mol. The molecule has 0 atom stereocenters. The number of rotatable bonds is 5. The van der Waals surface area contributed by atoms with Crippen LogP contribution in [0.5, 0.6) is 11.5 Å². The van der Waals surface area contributed by atoms with Crippen molar-refractivity contribution in [2.45, 2.75) is 0 Å². The maximum atomic E-state index is 13.4. The number of carbonyl (C=O) groups excluding carboxylic acids is 1. The van der Waals surface area contributed by atoms with Gasteiger partial charge in [-0.15, -0.1) is 0 Å². The first-order valence-electron chi connectivity index (χ1n) is 10.6. The largest absolute Gasteiger partial charge is 0.497 e. The quantitative estimate of drug-likeness (QED) is 0.351. The maximum Gasteiger partial charge on any atom is 0.256 e. The number of ether oxygens (including phenoxy) is 2. The molecule has 0 fully saturated rings. The Morgan fingerprint density at radius 3 is 2.39 bits per heavy atom. The van der Waals surface area contributed by atoms with Gasteiger partial charge in [0.2, 0.25) is 0 Å². The summed E-state index contributed by atoms with van der Waals surface area (Å²) in [6.45, 7) is 0. The molecule has 4 aromatic carbocycles. The topological polar surface area (TPSA) is 60.5 Å². The third-order valence-corrected chi connectivity index (χ3v) is 5.66. The molecule has 0 radical (unpaired) electrons. The SMILES string of the molecule is COc1ccc2cc(-c3cc(C(=O)Nc4ccccc4OC)c4ccccc4n3)ccc2c1. The number of nitrogens with one attached hydrogen (secondary N) is 1. The Labute approximate surface area is 191 Å². The molecule has 5 aromatic rings. The molecule has 0 bridgehead atoms. The van der Waals surface area contributed by atoms with Crippen molar-refractivity contribution in [2.75, 3.05) is 19.5 Å². The van der Waals surface area contributed by atoms with Gasteiger partial charge in [-0.1, -0.05) is 48.5 Å². The van der Waals surface area contributed by atoms with Gasteiger partial charge in [0.25, 0.3) is 5.91 Å². The van der Waals surface area contributed by atoms with Crippen LogP contribution in [0.15, 0.2) is 91.0 Å². The molecule has 0 aliphatic heterocycles. The van der Waals surface area contributed by atoms with Crippen molar-refractivity contribution in [1.29, 1.82) is 0 Å². The zero-order valence-electron chi connectivity index (χ0n) is 18.3. The molecule has 33 heavy (non-hydrogen) atoms. The highest BCUT2D eigenvalue weighted by Gasteiger charge is 2.16. The van der Waals surface area contributed by atoms with E-state index in [0.29, 0.717) is 17.0 Å². The molecule has 5 heteroatoms. The molecule has 0 spiro atoms. The van der Waals surface area contributed by atoms with E-state index in [-0.39, 0.29) is 5.91 Å². The first-order chi connectivity index (χ1) is 16.2. The van der Waals surface area contributed by atoms with Gasteiger partial charge in [-0.25, -0.2) is 4.98 Å². The van der Waals surface area contributed by atoms with E-state index in [1.807, 2.05) is 84.9 Å². The lowest BCUT2D eigenvalue weighted by Crippen LogP contribution is -2.13. The molecule has 1 N–H and O–H groups in total. The number of nitrogens with zero attached hydrogens (tertiary/aromatic N) is 1. The number of benzene rings is 4. The molecule has 1 amide bonds. The fourth-order valence-corrected chi connectivity index (χ4v) is 3.96. The minimum absolute atomic E-state index is 0.218. The molecule has 1 heterocycles. The van der Waals surface area contributed by atoms with Crippen LogP contribution >= 0.6 is 0 Å². The lowest BCUT2D eigenvalue weighted by atomic mass is 10.0. The number of aromatic nitrogens is 1. The van der Waals surface area contributed by atoms with Gasteiger partial charge in [-0.05, 0) is 53.2 Å². The third-order valence-electron chi connectivity index (χ3n) is 5.66. The number of anilines is 1. The van der Waals surface area contributed by atoms with Crippen molar-refractivity contribution in [2.24, 2.45) is 0 Å². The van der Waals surface area contributed by atoms with Gasteiger partial charge in [-0.2, -0.15) is 0 Å². The number of carbonyl (C=O) groups is 1. The van der Waals surface area contributed by atoms with E-state index in [1.54, 1.807) is 14.2 Å². The summed E-state index contributed by atoms with van der Waals surface area (Å²) in [5.74, 6) is 1.20. The summed E-state index contributed by atoms with van der Waals surface area (Å²) in [4.78, 5) is 18.2. The van der Waals surface area contributed by atoms with E-state index in [4.69, 9.17) is 14.5 Å². The minimum atomic E-state index is -0.218. The maximum absolute atomic E-state index is 13.4. The Kier molecular flexibility index (Phi) is 5.37. The highest BCUT2D eigenvalue weighted by Crippen LogP contribution is 2.30. The number of fused-ring (bicyclic) bond motifs is 2. The molecular weight excluding hydrogens is 412 g/mol. The van der Waals surface area contributed by atoms with E-state index < -0.39 is 0 Å². The second-order valence-corrected chi connectivity index (χ2v) is 7.65. The lowest BCUT2D eigenvalue weighted by Gasteiger charge is -2.13. The second kappa shape index (κ2) is 8.63. The Bertz CT molecular complexity index is 1490. The van der Waals surface area contributed by atoms with Gasteiger partial charge in [0.1, 0.15) is 11.5 Å². The number of para-hydroxylation sites is 3. The van der Waals surface area contributed by atoms with Gasteiger partial charge in [0.05, 0.1) is 36.7 Å². The summed E-state index contributed by atoms with van der Waals surface area (Å²) in [5, 5.41) is 5.93. The number of hydrogen-bond donors (Lipinski definition) is 1. The summed E-state index contributed by atoms with van der Waals surface area (Å²) < 4.78 is 10.7. The van der Waals surface area contributed by atoms with Crippen LogP contribution in [0.2, 0.25) is 0 Å². The zero-order chi connectivity index (χ0) is 22.8. The Balaban J connectivity index is 1.60. The first-order valence-corrected chi connectivity index (χ1v) is 10.6. The third kappa shape index (κ3) is 3.96. The predicted octanol–water partition coefficient (Wildman–Crippen LogP) is 6.32. The monoisotopic (exact) mass is 434 g/mol. The lowest BCUT2D eigenvalue weighted by molar-refractivity contribution is 0.102. The van der Waals surface area contributed by atoms with E-state index in [2.05, 4.69) is 11.4 Å².